The Morgan fingerprint density at radius 3 is 2.65 bits per heavy atom. The topological polar surface area (TPSA) is 69.3 Å². The number of nitrogens with zero attached hydrogens (tertiary/aromatic N) is 5. The minimum absolute atomic E-state index is 0.224. The third-order valence-electron chi connectivity index (χ3n) is 2.96. The molecule has 0 saturated carbocycles. The summed E-state index contributed by atoms with van der Waals surface area (Å²) in [5.41, 5.74) is 0. The van der Waals surface area contributed by atoms with Crippen molar-refractivity contribution < 1.29 is 4.74 Å². The van der Waals surface area contributed by atoms with E-state index < -0.39 is 0 Å². The number of nitrogens with one attached hydrogen (secondary N) is 1. The van der Waals surface area contributed by atoms with Gasteiger partial charge in [-0.1, -0.05) is 0 Å². The highest BCUT2D eigenvalue weighted by molar-refractivity contribution is 5.74. The average molecular weight is 276 g/mol. The molecule has 20 heavy (non-hydrogen) atoms. The van der Waals surface area contributed by atoms with Gasteiger partial charge in [0.2, 0.25) is 0 Å². The number of hydrogen-bond donors (Lipinski definition) is 1. The van der Waals surface area contributed by atoms with Crippen LogP contribution < -0.4 is 5.32 Å². The molecule has 7 nitrogen and oxygen atoms in total. The lowest BCUT2D eigenvalue weighted by atomic mass is 10.4. The van der Waals surface area contributed by atoms with Crippen LogP contribution in [0.3, 0.4) is 0 Å². The van der Waals surface area contributed by atoms with Gasteiger partial charge in [-0.25, -0.2) is 9.97 Å². The third-order valence-corrected chi connectivity index (χ3v) is 2.96. The summed E-state index contributed by atoms with van der Waals surface area (Å²) in [6.07, 6.45) is 8.83. The van der Waals surface area contributed by atoms with Crippen LogP contribution in [0.5, 0.6) is 0 Å². The van der Waals surface area contributed by atoms with E-state index in [1.54, 1.807) is 25.7 Å². The lowest BCUT2D eigenvalue weighted by Gasteiger charge is -2.16. The molecule has 0 bridgehead atoms. The summed E-state index contributed by atoms with van der Waals surface area (Å²) in [6, 6.07) is 0. The van der Waals surface area contributed by atoms with Crippen LogP contribution in [0.15, 0.2) is 29.8 Å². The van der Waals surface area contributed by atoms with Crippen LogP contribution in [0.2, 0.25) is 0 Å². The number of aryl methyl sites for hydroxylation is 2. The predicted octanol–water partition coefficient (Wildman–Crippen LogP) is 0.507. The molecule has 0 amide bonds. The number of rotatable bonds is 7. The molecule has 0 aliphatic rings. The first-order valence-corrected chi connectivity index (χ1v) is 6.43. The molecule has 2 heterocycles. The van der Waals surface area contributed by atoms with Gasteiger partial charge in [0.1, 0.15) is 5.82 Å². The van der Waals surface area contributed by atoms with Crippen LogP contribution in [0.4, 0.5) is 0 Å². The molecule has 0 aromatic carbocycles. The van der Waals surface area contributed by atoms with Crippen molar-refractivity contribution in [1.29, 1.82) is 0 Å². The Bertz CT molecular complexity index is 559. The highest BCUT2D eigenvalue weighted by Crippen LogP contribution is 2.09. The second-order valence-electron chi connectivity index (χ2n) is 4.40. The van der Waals surface area contributed by atoms with Gasteiger partial charge in [0.05, 0.1) is 12.8 Å². The van der Waals surface area contributed by atoms with Crippen LogP contribution >= 0.6 is 0 Å². The van der Waals surface area contributed by atoms with Gasteiger partial charge in [-0.15, -0.1) is 0 Å². The molecule has 7 heteroatoms. The molecule has 1 N–H and O–H groups in total. The minimum Gasteiger partial charge on any atom is -0.359 e. The number of ether oxygens (including phenoxy) is 1. The number of hydrogen-bond acceptors (Lipinski definition) is 5. The zero-order chi connectivity index (χ0) is 14.4. The van der Waals surface area contributed by atoms with Crippen molar-refractivity contribution in [2.75, 3.05) is 20.2 Å². The monoisotopic (exact) mass is 276 g/mol. The molecule has 1 atom stereocenters. The van der Waals surface area contributed by atoms with Crippen LogP contribution in [-0.2, 0) is 18.8 Å². The maximum absolute atomic E-state index is 5.38. The van der Waals surface area contributed by atoms with E-state index in [-0.39, 0.29) is 6.23 Å². The molecule has 0 spiro atoms. The van der Waals surface area contributed by atoms with Crippen LogP contribution in [0.25, 0.3) is 0 Å². The molecule has 0 radical (unpaired) electrons. The zero-order valence-corrected chi connectivity index (χ0v) is 12.0. The van der Waals surface area contributed by atoms with Crippen molar-refractivity contribution in [3.05, 3.63) is 36.4 Å². The molecule has 2 rings (SSSR count). The number of imidazole rings is 2. The molecular formula is C13H20N6O. The molecule has 0 saturated heterocycles. The summed E-state index contributed by atoms with van der Waals surface area (Å²) in [5.74, 6) is 1.69. The minimum atomic E-state index is -0.224. The van der Waals surface area contributed by atoms with Crippen LogP contribution in [0, 0.1) is 0 Å². The van der Waals surface area contributed by atoms with Gasteiger partial charge in [0, 0.05) is 52.5 Å². The fraction of sp³-hybridized carbons (Fsp3) is 0.462. The Labute approximate surface area is 118 Å². The van der Waals surface area contributed by atoms with Gasteiger partial charge >= 0.3 is 0 Å². The van der Waals surface area contributed by atoms with E-state index in [2.05, 4.69) is 20.3 Å². The first-order valence-electron chi connectivity index (χ1n) is 6.43. The van der Waals surface area contributed by atoms with Crippen LogP contribution in [-0.4, -0.2) is 45.5 Å². The molecule has 0 fully saturated rings. The molecule has 0 unspecified atom stereocenters. The Kier molecular flexibility index (Phi) is 5.03. The summed E-state index contributed by atoms with van der Waals surface area (Å²) in [4.78, 5) is 12.8. The first kappa shape index (κ1) is 14.4. The van der Waals surface area contributed by atoms with Gasteiger partial charge in [-0.2, -0.15) is 0 Å². The summed E-state index contributed by atoms with van der Waals surface area (Å²) >= 11 is 0. The smallest absolute Gasteiger partial charge is 0.166 e. The maximum atomic E-state index is 5.38. The number of aliphatic imine (C=N–C) groups is 1. The zero-order valence-electron chi connectivity index (χ0n) is 12.0. The Hall–Kier alpha value is -1.99. The molecule has 0 aliphatic heterocycles. The second-order valence-corrected chi connectivity index (χ2v) is 4.40. The molecular weight excluding hydrogens is 256 g/mol. The second kappa shape index (κ2) is 6.97. The van der Waals surface area contributed by atoms with Crippen LogP contribution in [0.1, 0.15) is 17.9 Å². The van der Waals surface area contributed by atoms with E-state index in [0.29, 0.717) is 13.1 Å². The van der Waals surface area contributed by atoms with Crippen molar-refractivity contribution in [3.63, 3.8) is 0 Å². The van der Waals surface area contributed by atoms with Crippen molar-refractivity contribution >= 4 is 6.21 Å². The lowest BCUT2D eigenvalue weighted by Crippen LogP contribution is -2.27. The van der Waals surface area contributed by atoms with Crippen molar-refractivity contribution in [3.8, 4) is 0 Å². The molecule has 2 aromatic heterocycles. The number of methoxy groups -OCH3 is 1. The molecule has 0 aliphatic carbocycles. The fourth-order valence-corrected chi connectivity index (χ4v) is 1.82. The Morgan fingerprint density at radius 1 is 1.30 bits per heavy atom. The van der Waals surface area contributed by atoms with Crippen molar-refractivity contribution in [2.24, 2.45) is 19.1 Å². The van der Waals surface area contributed by atoms with Gasteiger partial charge in [-0.3, -0.25) is 10.3 Å². The van der Waals surface area contributed by atoms with E-state index in [9.17, 15) is 0 Å². The SMILES string of the molecule is CO[C@H](NCCN=Cc1nccn1C)c1nccn1C. The van der Waals surface area contributed by atoms with E-state index in [1.165, 1.54) is 0 Å². The standard InChI is InChI=1S/C13H20N6O/c1-18-8-6-15-11(18)10-14-4-5-17-13(20-3)12-16-7-9-19(12)2/h6-10,13,17H,4-5H2,1-3H3/t13-/m0/s1. The van der Waals surface area contributed by atoms with E-state index in [4.69, 9.17) is 4.74 Å². The summed E-state index contributed by atoms with van der Waals surface area (Å²) in [7, 11) is 5.54. The summed E-state index contributed by atoms with van der Waals surface area (Å²) < 4.78 is 9.23. The van der Waals surface area contributed by atoms with E-state index >= 15 is 0 Å². The number of aromatic nitrogens is 4. The van der Waals surface area contributed by atoms with E-state index in [1.807, 2.05) is 35.6 Å². The summed E-state index contributed by atoms with van der Waals surface area (Å²) in [6.45, 7) is 1.35. The Balaban J connectivity index is 1.79. The maximum Gasteiger partial charge on any atom is 0.166 e. The lowest BCUT2D eigenvalue weighted by molar-refractivity contribution is 0.0654. The largest absolute Gasteiger partial charge is 0.359 e. The normalized spacial score (nSPS) is 13.2. The van der Waals surface area contributed by atoms with Gasteiger partial charge in [0.15, 0.2) is 12.1 Å². The van der Waals surface area contributed by atoms with Gasteiger partial charge in [-0.05, 0) is 0 Å². The van der Waals surface area contributed by atoms with Gasteiger partial charge in [0.25, 0.3) is 0 Å². The summed E-state index contributed by atoms with van der Waals surface area (Å²) in [5, 5.41) is 3.26. The van der Waals surface area contributed by atoms with Crippen molar-refractivity contribution in [1.82, 2.24) is 24.4 Å². The molecule has 2 aromatic rings. The Morgan fingerprint density at radius 2 is 2.05 bits per heavy atom. The predicted molar refractivity (Wildman–Crippen MR) is 76.6 cm³/mol. The quantitative estimate of drug-likeness (QED) is 0.454. The average Bonchev–Trinajstić information content (AvgIpc) is 3.03. The van der Waals surface area contributed by atoms with Gasteiger partial charge < -0.3 is 13.9 Å². The van der Waals surface area contributed by atoms with Crippen molar-refractivity contribution in [2.45, 2.75) is 6.23 Å². The highest BCUT2D eigenvalue weighted by atomic mass is 16.5. The molecule has 108 valence electrons. The highest BCUT2D eigenvalue weighted by Gasteiger charge is 2.13. The third kappa shape index (κ3) is 3.52. The first-order chi connectivity index (χ1) is 9.72. The van der Waals surface area contributed by atoms with E-state index in [0.717, 1.165) is 11.6 Å². The fourth-order valence-electron chi connectivity index (χ4n) is 1.82.